The number of aliphatic imine (C=N–C) groups is 1. The van der Waals surface area contributed by atoms with Gasteiger partial charge < -0.3 is 4.74 Å². The number of ether oxygens (including phenoxy) is 1. The van der Waals surface area contributed by atoms with Gasteiger partial charge in [-0.3, -0.25) is 10.7 Å². The zero-order valence-electron chi connectivity index (χ0n) is 9.09. The van der Waals surface area contributed by atoms with E-state index in [4.69, 9.17) is 9.94 Å². The summed E-state index contributed by atoms with van der Waals surface area (Å²) in [5, 5.41) is 8.30. The van der Waals surface area contributed by atoms with Gasteiger partial charge in [-0.1, -0.05) is 6.92 Å². The van der Waals surface area contributed by atoms with Crippen LogP contribution in [0.2, 0.25) is 0 Å². The lowest BCUT2D eigenvalue weighted by Gasteiger charge is -2.03. The normalized spacial score (nSPS) is 10.6. The molecule has 0 atom stereocenters. The van der Waals surface area contributed by atoms with Crippen LogP contribution in [-0.4, -0.2) is 34.6 Å². The van der Waals surface area contributed by atoms with Crippen molar-refractivity contribution in [1.29, 1.82) is 0 Å². The van der Waals surface area contributed by atoms with Crippen molar-refractivity contribution >= 4 is 23.8 Å². The van der Waals surface area contributed by atoms with Crippen LogP contribution in [0.4, 0.5) is 5.69 Å². The summed E-state index contributed by atoms with van der Waals surface area (Å²) < 4.78 is 5.42. The molecule has 2 N–H and O–H groups in total. The van der Waals surface area contributed by atoms with Gasteiger partial charge in [0.1, 0.15) is 6.34 Å². The minimum absolute atomic E-state index is 0.590. The van der Waals surface area contributed by atoms with E-state index in [-0.39, 0.29) is 0 Å². The molecular formula is C10H15N3O2S. The maximum absolute atomic E-state index is 8.30. The summed E-state index contributed by atoms with van der Waals surface area (Å²) in [4.78, 5) is 7.94. The molecule has 0 aliphatic heterocycles. The van der Waals surface area contributed by atoms with Crippen LogP contribution in [0, 0.1) is 0 Å². The van der Waals surface area contributed by atoms with E-state index in [9.17, 15) is 0 Å². The Morgan fingerprint density at radius 3 is 3.12 bits per heavy atom. The van der Waals surface area contributed by atoms with Gasteiger partial charge >= 0.3 is 0 Å². The van der Waals surface area contributed by atoms with Crippen molar-refractivity contribution in [3.05, 3.63) is 18.3 Å². The average Bonchev–Trinajstić information content (AvgIpc) is 2.33. The van der Waals surface area contributed by atoms with Crippen LogP contribution >= 0.6 is 11.8 Å². The minimum Gasteiger partial charge on any atom is -0.477 e. The van der Waals surface area contributed by atoms with Crippen molar-refractivity contribution < 1.29 is 9.94 Å². The maximum Gasteiger partial charge on any atom is 0.213 e. The summed E-state index contributed by atoms with van der Waals surface area (Å²) >= 11 is 1.83. The van der Waals surface area contributed by atoms with Gasteiger partial charge in [0.05, 0.1) is 18.5 Å². The first-order valence-corrected chi connectivity index (χ1v) is 6.11. The molecule has 0 amide bonds. The van der Waals surface area contributed by atoms with E-state index in [2.05, 4.69) is 16.9 Å². The lowest BCUT2D eigenvalue weighted by Crippen LogP contribution is -2.02. The van der Waals surface area contributed by atoms with Gasteiger partial charge in [0.25, 0.3) is 0 Å². The molecule has 16 heavy (non-hydrogen) atoms. The van der Waals surface area contributed by atoms with Gasteiger partial charge in [-0.15, -0.1) is 0 Å². The first-order chi connectivity index (χ1) is 7.86. The molecule has 0 spiro atoms. The summed E-state index contributed by atoms with van der Waals surface area (Å²) in [6.07, 6.45) is 2.76. The molecule has 1 aromatic heterocycles. The molecule has 0 saturated heterocycles. The number of aromatic nitrogens is 1. The maximum atomic E-state index is 8.30. The highest BCUT2D eigenvalue weighted by Gasteiger charge is 1.95. The molecule has 0 unspecified atom stereocenters. The smallest absolute Gasteiger partial charge is 0.213 e. The number of nitrogens with zero attached hydrogens (tertiary/aromatic N) is 2. The molecule has 0 fully saturated rings. The Hall–Kier alpha value is -1.27. The van der Waals surface area contributed by atoms with E-state index in [1.165, 1.54) is 6.34 Å². The summed E-state index contributed by atoms with van der Waals surface area (Å²) in [7, 11) is 0. The Balaban J connectivity index is 2.36. The highest BCUT2D eigenvalue weighted by atomic mass is 32.2. The predicted octanol–water partition coefficient (Wildman–Crippen LogP) is 1.85. The topological polar surface area (TPSA) is 66.7 Å². The van der Waals surface area contributed by atoms with E-state index >= 15 is 0 Å². The average molecular weight is 241 g/mol. The van der Waals surface area contributed by atoms with Crippen molar-refractivity contribution in [2.45, 2.75) is 6.92 Å². The quantitative estimate of drug-likeness (QED) is 0.330. The Bertz CT molecular complexity index is 316. The van der Waals surface area contributed by atoms with E-state index in [1.807, 2.05) is 17.2 Å². The Kier molecular flexibility index (Phi) is 6.36. The highest BCUT2D eigenvalue weighted by Crippen LogP contribution is 2.13. The van der Waals surface area contributed by atoms with Crippen molar-refractivity contribution in [3.63, 3.8) is 0 Å². The largest absolute Gasteiger partial charge is 0.477 e. The molecule has 0 aliphatic rings. The number of hydroxylamine groups is 1. The van der Waals surface area contributed by atoms with Gasteiger partial charge in [-0.25, -0.2) is 9.98 Å². The monoisotopic (exact) mass is 241 g/mol. The number of pyridine rings is 1. The van der Waals surface area contributed by atoms with E-state index < -0.39 is 0 Å². The SMILES string of the molecule is CCSCCOc1ccc(N=CNO)cn1. The molecule has 0 bridgehead atoms. The van der Waals surface area contributed by atoms with E-state index in [0.29, 0.717) is 18.2 Å². The number of hydrogen-bond donors (Lipinski definition) is 2. The number of nitrogens with one attached hydrogen (secondary N) is 1. The van der Waals surface area contributed by atoms with E-state index in [1.54, 1.807) is 18.3 Å². The lowest BCUT2D eigenvalue weighted by molar-refractivity contribution is 0.240. The van der Waals surface area contributed by atoms with Gasteiger partial charge in [-0.05, 0) is 11.8 Å². The molecule has 0 aromatic carbocycles. The van der Waals surface area contributed by atoms with Crippen molar-refractivity contribution in [2.24, 2.45) is 4.99 Å². The van der Waals surface area contributed by atoms with Crippen LogP contribution < -0.4 is 10.2 Å². The number of rotatable bonds is 7. The van der Waals surface area contributed by atoms with Gasteiger partial charge in [0, 0.05) is 11.8 Å². The molecule has 6 heteroatoms. The van der Waals surface area contributed by atoms with Crippen LogP contribution in [0.25, 0.3) is 0 Å². The van der Waals surface area contributed by atoms with Gasteiger partial charge in [0.2, 0.25) is 5.88 Å². The highest BCUT2D eigenvalue weighted by molar-refractivity contribution is 7.99. The second kappa shape index (κ2) is 7.95. The van der Waals surface area contributed by atoms with Gasteiger partial charge in [0.15, 0.2) is 0 Å². The molecule has 1 rings (SSSR count). The number of hydrogen-bond acceptors (Lipinski definition) is 5. The molecule has 0 aliphatic carbocycles. The van der Waals surface area contributed by atoms with Crippen LogP contribution in [0.3, 0.4) is 0 Å². The molecule has 0 saturated carbocycles. The van der Waals surface area contributed by atoms with Crippen molar-refractivity contribution in [2.75, 3.05) is 18.1 Å². The lowest BCUT2D eigenvalue weighted by atomic mass is 10.4. The summed E-state index contributed by atoms with van der Waals surface area (Å²) in [5.74, 6) is 2.65. The number of thioether (sulfide) groups is 1. The molecule has 1 heterocycles. The van der Waals surface area contributed by atoms with Gasteiger partial charge in [-0.2, -0.15) is 11.8 Å². The second-order valence-electron chi connectivity index (χ2n) is 2.79. The zero-order chi connectivity index (χ0) is 11.6. The third-order valence-electron chi connectivity index (χ3n) is 1.67. The first kappa shape index (κ1) is 12.8. The van der Waals surface area contributed by atoms with Crippen LogP contribution in [0.1, 0.15) is 6.92 Å². The van der Waals surface area contributed by atoms with Crippen LogP contribution in [0.5, 0.6) is 5.88 Å². The molecular weight excluding hydrogens is 226 g/mol. The predicted molar refractivity (Wildman–Crippen MR) is 65.8 cm³/mol. The van der Waals surface area contributed by atoms with Crippen molar-refractivity contribution in [3.8, 4) is 5.88 Å². The fourth-order valence-electron chi connectivity index (χ4n) is 0.987. The van der Waals surface area contributed by atoms with Crippen LogP contribution in [0.15, 0.2) is 23.3 Å². The van der Waals surface area contributed by atoms with E-state index in [0.717, 1.165) is 11.5 Å². The third-order valence-corrected chi connectivity index (χ3v) is 2.54. The summed E-state index contributed by atoms with van der Waals surface area (Å²) in [5.41, 5.74) is 2.48. The fourth-order valence-corrected chi connectivity index (χ4v) is 1.48. The second-order valence-corrected chi connectivity index (χ2v) is 4.18. The Morgan fingerprint density at radius 1 is 1.62 bits per heavy atom. The molecule has 88 valence electrons. The summed E-state index contributed by atoms with van der Waals surface area (Å²) in [6, 6.07) is 3.52. The molecule has 0 radical (unpaired) electrons. The van der Waals surface area contributed by atoms with Crippen molar-refractivity contribution in [1.82, 2.24) is 10.5 Å². The molecule has 5 nitrogen and oxygen atoms in total. The Labute approximate surface area is 98.9 Å². The summed E-state index contributed by atoms with van der Waals surface area (Å²) in [6.45, 7) is 2.78. The minimum atomic E-state index is 0.590. The third kappa shape index (κ3) is 4.99. The fraction of sp³-hybridized carbons (Fsp3) is 0.400. The molecule has 1 aromatic rings. The zero-order valence-corrected chi connectivity index (χ0v) is 9.91. The standard InChI is InChI=1S/C10H15N3O2S/c1-2-16-6-5-15-10-4-3-9(7-11-10)12-8-13-14/h3-4,7-8,14H,2,5-6H2,1H3,(H,12,13). The first-order valence-electron chi connectivity index (χ1n) is 4.95. The Morgan fingerprint density at radius 2 is 2.50 bits per heavy atom. The van der Waals surface area contributed by atoms with Crippen LogP contribution in [-0.2, 0) is 0 Å².